The molecule has 16 nitrogen and oxygen atoms in total. The number of aliphatic hydroxyl groups is 1. The first kappa shape index (κ1) is 50.3. The molecule has 70 heavy (non-hydrogen) atoms. The minimum atomic E-state index is -0.903. The van der Waals surface area contributed by atoms with E-state index in [9.17, 15) is 24.3 Å². The number of amides is 4. The van der Waals surface area contributed by atoms with Crippen LogP contribution in [0, 0.1) is 26.2 Å². The number of hydrogen-bond acceptors (Lipinski definition) is 14. The summed E-state index contributed by atoms with van der Waals surface area (Å²) in [5.41, 5.74) is 9.86. The summed E-state index contributed by atoms with van der Waals surface area (Å²) < 4.78 is 17.8. The fourth-order valence-corrected chi connectivity index (χ4v) is 11.2. The van der Waals surface area contributed by atoms with E-state index in [4.69, 9.17) is 13.8 Å². The highest BCUT2D eigenvalue weighted by atomic mass is 32.1. The molecule has 0 unspecified atom stereocenters. The van der Waals surface area contributed by atoms with Crippen molar-refractivity contribution in [1.82, 2.24) is 40.7 Å². The van der Waals surface area contributed by atoms with Crippen molar-refractivity contribution in [2.45, 2.75) is 136 Å². The Morgan fingerprint density at radius 1 is 0.757 bits per heavy atom. The minimum absolute atomic E-state index is 0.0102. The van der Waals surface area contributed by atoms with Crippen LogP contribution < -0.4 is 10.6 Å². The Kier molecular flexibility index (Phi) is 15.2. The molecule has 0 aliphatic carbocycles. The smallest absolute Gasteiger partial charge is 0.243 e. The Bertz CT molecular complexity index is 2790. The standard InChI is InChI=1S/C52H62N8O8S2/c1-10-40(43-19-28(2)57-67-43)50(64)60-24-39(22-42(60)49(63)56-30(4)34-13-17-36(18-14-34)47-32(6)54-27-70-47)66-25-37-20-44(68-58-37)45(52(7,8)9)51(65)59-23-38(61)21-41(59)48(62)55-29(3)33-11-15-35(16-12-33)46-31(5)53-26-69-46/h11-20,26-27,29-30,38-42,45,61H,10,21-25H2,1-9H3,(H,55,62)(H,56,63)/t29-,30-,38+,39+,40+,41-,42-,45+/m0/s1. The largest absolute Gasteiger partial charge is 0.391 e. The van der Waals surface area contributed by atoms with Crippen LogP contribution in [0.4, 0.5) is 0 Å². The summed E-state index contributed by atoms with van der Waals surface area (Å²) in [7, 11) is 0. The molecule has 4 amide bonds. The van der Waals surface area contributed by atoms with E-state index in [2.05, 4.69) is 30.9 Å². The van der Waals surface area contributed by atoms with Gasteiger partial charge in [0.1, 0.15) is 35.2 Å². The van der Waals surface area contributed by atoms with Crippen LogP contribution in [0.5, 0.6) is 0 Å². The Labute approximate surface area is 416 Å². The third-order valence-electron chi connectivity index (χ3n) is 13.4. The SMILES string of the molecule is CC[C@@H](C(=O)N1C[C@H](OCc2cc([C@H](C(=O)N3C[C@H](O)C[C@H]3C(=O)N[C@@H](C)c3ccc(-c4scnc4C)cc3)C(C)(C)C)on2)C[C@H]1C(=O)N[C@@H](C)c1ccc(-c2scnc2C)cc1)c1cc(C)no1. The van der Waals surface area contributed by atoms with Crippen LogP contribution in [-0.2, 0) is 30.5 Å². The van der Waals surface area contributed by atoms with Gasteiger partial charge in [0.2, 0.25) is 23.6 Å². The molecule has 3 N–H and O–H groups in total. The molecule has 8 rings (SSSR count). The first-order valence-electron chi connectivity index (χ1n) is 23.8. The molecule has 2 aliphatic rings. The number of carbonyl (C=O) groups excluding carboxylic acids is 4. The molecule has 8 atom stereocenters. The Hall–Kier alpha value is -6.08. The van der Waals surface area contributed by atoms with Crippen LogP contribution >= 0.6 is 22.7 Å². The van der Waals surface area contributed by atoms with Crippen LogP contribution in [0.1, 0.15) is 130 Å². The summed E-state index contributed by atoms with van der Waals surface area (Å²) >= 11 is 3.15. The summed E-state index contributed by atoms with van der Waals surface area (Å²) in [5.74, 6) is -2.08. The highest BCUT2D eigenvalue weighted by Crippen LogP contribution is 2.40. The van der Waals surface area contributed by atoms with Crippen LogP contribution in [0.25, 0.3) is 20.9 Å². The number of hydrogen-bond donors (Lipinski definition) is 3. The molecule has 0 bridgehead atoms. The average Bonchev–Trinajstić information content (AvgIpc) is 4.20. The molecule has 2 saturated heterocycles. The van der Waals surface area contributed by atoms with E-state index in [1.54, 1.807) is 46.6 Å². The van der Waals surface area contributed by atoms with Gasteiger partial charge in [-0.15, -0.1) is 22.7 Å². The van der Waals surface area contributed by atoms with Crippen molar-refractivity contribution in [2.75, 3.05) is 13.1 Å². The van der Waals surface area contributed by atoms with Crippen molar-refractivity contribution in [1.29, 1.82) is 0 Å². The third-order valence-corrected chi connectivity index (χ3v) is 15.4. The number of nitrogens with zero attached hydrogens (tertiary/aromatic N) is 6. The van der Waals surface area contributed by atoms with E-state index in [0.29, 0.717) is 29.3 Å². The molecule has 6 aromatic rings. The first-order chi connectivity index (χ1) is 33.4. The number of rotatable bonds is 16. The fourth-order valence-electron chi connectivity index (χ4n) is 9.57. The second kappa shape index (κ2) is 21.1. The lowest BCUT2D eigenvalue weighted by Gasteiger charge is -2.33. The number of β-amino-alcohol motifs (C(OH)–C–C–N with tert-alkyl or cyclic N) is 1. The van der Waals surface area contributed by atoms with Gasteiger partial charge in [-0.25, -0.2) is 9.97 Å². The molecule has 0 radical (unpaired) electrons. The molecule has 18 heteroatoms. The predicted molar refractivity (Wildman–Crippen MR) is 265 cm³/mol. The number of ether oxygens (including phenoxy) is 1. The molecule has 0 spiro atoms. The van der Waals surface area contributed by atoms with Gasteiger partial charge in [0.15, 0.2) is 0 Å². The van der Waals surface area contributed by atoms with Crippen molar-refractivity contribution in [2.24, 2.45) is 5.41 Å². The van der Waals surface area contributed by atoms with Crippen LogP contribution in [0.15, 0.2) is 80.7 Å². The number of carbonyl (C=O) groups is 4. The zero-order valence-corrected chi connectivity index (χ0v) is 42.7. The van der Waals surface area contributed by atoms with Crippen LogP contribution in [0.2, 0.25) is 0 Å². The monoisotopic (exact) mass is 990 g/mol. The lowest BCUT2D eigenvalue weighted by molar-refractivity contribution is -0.142. The van der Waals surface area contributed by atoms with Crippen molar-refractivity contribution in [3.8, 4) is 20.9 Å². The maximum Gasteiger partial charge on any atom is 0.243 e. The molecular weight excluding hydrogens is 929 g/mol. The number of aromatic nitrogens is 4. The lowest BCUT2D eigenvalue weighted by atomic mass is 9.78. The van der Waals surface area contributed by atoms with Gasteiger partial charge >= 0.3 is 0 Å². The minimum Gasteiger partial charge on any atom is -0.391 e. The maximum atomic E-state index is 14.6. The summed E-state index contributed by atoms with van der Waals surface area (Å²) in [6.07, 6.45) is -0.673. The van der Waals surface area contributed by atoms with E-state index in [0.717, 1.165) is 43.4 Å². The molecular formula is C52H62N8O8S2. The average molecular weight is 991 g/mol. The van der Waals surface area contributed by atoms with Crippen molar-refractivity contribution in [3.05, 3.63) is 117 Å². The van der Waals surface area contributed by atoms with E-state index in [1.165, 1.54) is 4.90 Å². The normalized spacial score (nSPS) is 20.0. The highest BCUT2D eigenvalue weighted by molar-refractivity contribution is 7.13. The van der Waals surface area contributed by atoms with Gasteiger partial charge in [0, 0.05) is 38.1 Å². The molecule has 2 aromatic carbocycles. The molecule has 0 saturated carbocycles. The van der Waals surface area contributed by atoms with Crippen LogP contribution in [-0.4, -0.2) is 96.2 Å². The van der Waals surface area contributed by atoms with Crippen molar-refractivity contribution in [3.63, 3.8) is 0 Å². The van der Waals surface area contributed by atoms with Gasteiger partial charge in [0.25, 0.3) is 0 Å². The van der Waals surface area contributed by atoms with Crippen LogP contribution in [0.3, 0.4) is 0 Å². The van der Waals surface area contributed by atoms with Gasteiger partial charge in [-0.1, -0.05) is 86.5 Å². The zero-order valence-electron chi connectivity index (χ0n) is 41.1. The summed E-state index contributed by atoms with van der Waals surface area (Å²) in [6.45, 7) is 17.3. The fraction of sp³-hybridized carbons (Fsp3) is 0.462. The molecule has 2 aliphatic heterocycles. The summed E-state index contributed by atoms with van der Waals surface area (Å²) in [6, 6.07) is 17.0. The zero-order chi connectivity index (χ0) is 50.0. The molecule has 2 fully saturated rings. The topological polar surface area (TPSA) is 206 Å². The number of nitrogens with one attached hydrogen (secondary N) is 2. The molecule has 4 aromatic heterocycles. The third kappa shape index (κ3) is 10.9. The number of likely N-dealkylation sites (tertiary alicyclic amines) is 2. The number of aliphatic hydroxyl groups excluding tert-OH is 1. The van der Waals surface area contributed by atoms with Gasteiger partial charge in [-0.2, -0.15) is 0 Å². The molecule has 6 heterocycles. The Morgan fingerprint density at radius 3 is 1.77 bits per heavy atom. The Morgan fingerprint density at radius 2 is 1.29 bits per heavy atom. The first-order valence-corrected chi connectivity index (χ1v) is 25.6. The second-order valence-corrected chi connectivity index (χ2v) is 21.4. The molecule has 370 valence electrons. The van der Waals surface area contributed by atoms with Gasteiger partial charge < -0.3 is 39.3 Å². The van der Waals surface area contributed by atoms with Gasteiger partial charge in [-0.05, 0) is 68.7 Å². The summed E-state index contributed by atoms with van der Waals surface area (Å²) in [4.78, 5) is 71.0. The second-order valence-electron chi connectivity index (χ2n) is 19.7. The number of thiazole rings is 2. The van der Waals surface area contributed by atoms with Crippen molar-refractivity contribution < 1.29 is 38.1 Å². The highest BCUT2D eigenvalue weighted by Gasteiger charge is 2.47. The van der Waals surface area contributed by atoms with Crippen molar-refractivity contribution >= 4 is 46.3 Å². The van der Waals surface area contributed by atoms with E-state index < -0.39 is 41.5 Å². The lowest BCUT2D eigenvalue weighted by Crippen LogP contribution is -2.49. The van der Waals surface area contributed by atoms with E-state index >= 15 is 0 Å². The maximum absolute atomic E-state index is 14.6. The van der Waals surface area contributed by atoms with Gasteiger partial charge in [-0.3, -0.25) is 19.2 Å². The van der Waals surface area contributed by atoms with E-state index in [-0.39, 0.29) is 68.3 Å². The number of aryl methyl sites for hydroxylation is 3. The predicted octanol–water partition coefficient (Wildman–Crippen LogP) is 8.36. The Balaban J connectivity index is 0.938. The van der Waals surface area contributed by atoms with Gasteiger partial charge in [0.05, 0.1) is 74.7 Å². The quantitative estimate of drug-likeness (QED) is 0.0837. The van der Waals surface area contributed by atoms with E-state index in [1.807, 2.05) is 115 Å². The number of benzene rings is 2. The summed E-state index contributed by atoms with van der Waals surface area (Å²) in [5, 5.41) is 25.4.